The van der Waals surface area contributed by atoms with Crippen LogP contribution in [0.3, 0.4) is 0 Å². The standard InChI is InChI=1S/C18H15F5N2O2.CH5N/c19-7-17(8-26)9-27-16-12(17)5-14(13(6-24)18(21,22)23)25-15(16)10-1-3-11(20)4-2-10;1-2/h1-5,8,13H,6-7,9,24H2;2H2,1H3. The second-order valence-corrected chi connectivity index (χ2v) is 6.31. The van der Waals surface area contributed by atoms with Crippen molar-refractivity contribution < 1.29 is 31.5 Å². The number of nitrogens with zero attached hydrogens (tertiary/aromatic N) is 1. The normalized spacial score (nSPS) is 18.9. The van der Waals surface area contributed by atoms with Crippen molar-refractivity contribution in [3.05, 3.63) is 47.4 Å². The Morgan fingerprint density at radius 1 is 1.28 bits per heavy atom. The van der Waals surface area contributed by atoms with E-state index < -0.39 is 42.2 Å². The fourth-order valence-electron chi connectivity index (χ4n) is 2.99. The van der Waals surface area contributed by atoms with E-state index in [4.69, 9.17) is 10.5 Å². The first-order chi connectivity index (χ1) is 13.8. The minimum Gasteiger partial charge on any atom is -0.489 e. The van der Waals surface area contributed by atoms with E-state index in [0.29, 0.717) is 6.29 Å². The highest BCUT2D eigenvalue weighted by Gasteiger charge is 2.46. The number of hydrogen-bond donors (Lipinski definition) is 2. The molecule has 158 valence electrons. The number of carbonyl (C=O) groups is 1. The fourth-order valence-corrected chi connectivity index (χ4v) is 2.99. The number of aromatic nitrogens is 1. The van der Waals surface area contributed by atoms with Gasteiger partial charge < -0.3 is 21.0 Å². The van der Waals surface area contributed by atoms with Crippen LogP contribution in [0.1, 0.15) is 17.2 Å². The monoisotopic (exact) mass is 417 g/mol. The molecular weight excluding hydrogens is 397 g/mol. The van der Waals surface area contributed by atoms with Crippen molar-refractivity contribution >= 4 is 6.29 Å². The summed E-state index contributed by atoms with van der Waals surface area (Å²) >= 11 is 0. The number of carbonyl (C=O) groups excluding carboxylic acids is 1. The van der Waals surface area contributed by atoms with Gasteiger partial charge in [-0.3, -0.25) is 0 Å². The zero-order valence-corrected chi connectivity index (χ0v) is 15.5. The lowest BCUT2D eigenvalue weighted by molar-refractivity contribution is -0.148. The van der Waals surface area contributed by atoms with Gasteiger partial charge in [0.2, 0.25) is 0 Å². The number of alkyl halides is 4. The van der Waals surface area contributed by atoms with Crippen molar-refractivity contribution in [1.82, 2.24) is 4.98 Å². The maximum absolute atomic E-state index is 13.6. The summed E-state index contributed by atoms with van der Waals surface area (Å²) in [6.07, 6.45) is -4.36. The second kappa shape index (κ2) is 8.83. The molecule has 0 bridgehead atoms. The first-order valence-electron chi connectivity index (χ1n) is 8.56. The van der Waals surface area contributed by atoms with Crippen LogP contribution in [0.5, 0.6) is 5.75 Å². The van der Waals surface area contributed by atoms with Crippen LogP contribution in [0.4, 0.5) is 22.0 Å². The number of halogens is 5. The Hall–Kier alpha value is -2.59. The second-order valence-electron chi connectivity index (χ2n) is 6.31. The minimum atomic E-state index is -4.69. The average Bonchev–Trinajstić information content (AvgIpc) is 3.08. The molecule has 10 heteroatoms. The molecule has 1 aliphatic rings. The summed E-state index contributed by atoms with van der Waals surface area (Å²) in [6.45, 7) is -2.28. The quantitative estimate of drug-likeness (QED) is 0.577. The van der Waals surface area contributed by atoms with Gasteiger partial charge in [0, 0.05) is 17.7 Å². The van der Waals surface area contributed by atoms with Crippen LogP contribution in [0.15, 0.2) is 30.3 Å². The minimum absolute atomic E-state index is 0.00746. The van der Waals surface area contributed by atoms with E-state index >= 15 is 0 Å². The molecule has 0 saturated carbocycles. The summed E-state index contributed by atoms with van der Waals surface area (Å²) in [5.41, 5.74) is 7.85. The lowest BCUT2D eigenvalue weighted by Crippen LogP contribution is -2.33. The lowest BCUT2D eigenvalue weighted by atomic mass is 9.83. The van der Waals surface area contributed by atoms with Crippen molar-refractivity contribution in [1.29, 1.82) is 0 Å². The van der Waals surface area contributed by atoms with Crippen LogP contribution in [-0.2, 0) is 10.2 Å². The van der Waals surface area contributed by atoms with Crippen molar-refractivity contribution in [3.8, 4) is 17.0 Å². The zero-order chi connectivity index (χ0) is 21.8. The summed E-state index contributed by atoms with van der Waals surface area (Å²) in [7, 11) is 1.50. The van der Waals surface area contributed by atoms with E-state index in [1.807, 2.05) is 0 Å². The van der Waals surface area contributed by atoms with Crippen molar-refractivity contribution in [2.24, 2.45) is 11.5 Å². The number of aldehydes is 1. The molecule has 0 amide bonds. The van der Waals surface area contributed by atoms with E-state index in [0.717, 1.165) is 18.2 Å². The highest BCUT2D eigenvalue weighted by Crippen LogP contribution is 2.46. The first-order valence-corrected chi connectivity index (χ1v) is 8.56. The molecule has 29 heavy (non-hydrogen) atoms. The molecule has 4 N–H and O–H groups in total. The SMILES string of the molecule is CN.NCC(c1cc2c(c(-c3ccc(F)cc3)n1)OCC2(C=O)CF)C(F)(F)F. The van der Waals surface area contributed by atoms with Crippen molar-refractivity contribution in [2.75, 3.05) is 26.9 Å². The molecule has 2 aromatic rings. The van der Waals surface area contributed by atoms with Gasteiger partial charge in [0.1, 0.15) is 48.2 Å². The van der Waals surface area contributed by atoms with Crippen LogP contribution in [0.25, 0.3) is 11.3 Å². The van der Waals surface area contributed by atoms with Crippen LogP contribution in [0.2, 0.25) is 0 Å². The average molecular weight is 417 g/mol. The number of nitrogens with two attached hydrogens (primary N) is 2. The van der Waals surface area contributed by atoms with Crippen LogP contribution >= 0.6 is 0 Å². The zero-order valence-electron chi connectivity index (χ0n) is 15.5. The number of pyridine rings is 1. The van der Waals surface area contributed by atoms with Crippen molar-refractivity contribution in [2.45, 2.75) is 17.5 Å². The summed E-state index contributed by atoms with van der Waals surface area (Å²) in [5.74, 6) is -2.65. The maximum Gasteiger partial charge on any atom is 0.398 e. The molecule has 0 saturated heterocycles. The van der Waals surface area contributed by atoms with E-state index in [2.05, 4.69) is 10.7 Å². The van der Waals surface area contributed by atoms with Crippen LogP contribution in [0, 0.1) is 5.82 Å². The highest BCUT2D eigenvalue weighted by molar-refractivity contribution is 5.79. The molecular formula is C19H20F5N3O2. The Balaban J connectivity index is 0.00000145. The van der Waals surface area contributed by atoms with Gasteiger partial charge in [-0.25, -0.2) is 13.8 Å². The van der Waals surface area contributed by atoms with Crippen LogP contribution < -0.4 is 16.2 Å². The van der Waals surface area contributed by atoms with Gasteiger partial charge in [0.15, 0.2) is 0 Å². The molecule has 0 fully saturated rings. The molecule has 1 aromatic heterocycles. The number of ether oxygens (including phenoxy) is 1. The number of benzene rings is 1. The third-order valence-corrected chi connectivity index (χ3v) is 4.57. The Morgan fingerprint density at radius 2 is 1.90 bits per heavy atom. The molecule has 2 atom stereocenters. The maximum atomic E-state index is 13.6. The van der Waals surface area contributed by atoms with Gasteiger partial charge in [-0.2, -0.15) is 13.2 Å². The van der Waals surface area contributed by atoms with Gasteiger partial charge in [-0.1, -0.05) is 0 Å². The Bertz CT molecular complexity index is 858. The number of hydrogen-bond acceptors (Lipinski definition) is 5. The molecule has 2 unspecified atom stereocenters. The smallest absolute Gasteiger partial charge is 0.398 e. The lowest BCUT2D eigenvalue weighted by Gasteiger charge is -2.22. The van der Waals surface area contributed by atoms with Crippen molar-refractivity contribution in [3.63, 3.8) is 0 Å². The van der Waals surface area contributed by atoms with E-state index in [-0.39, 0.29) is 29.2 Å². The Kier molecular flexibility index (Phi) is 6.91. The molecule has 2 heterocycles. The molecule has 3 rings (SSSR count). The largest absolute Gasteiger partial charge is 0.489 e. The molecule has 5 nitrogen and oxygen atoms in total. The van der Waals surface area contributed by atoms with Gasteiger partial charge in [-0.15, -0.1) is 0 Å². The topological polar surface area (TPSA) is 91.2 Å². The summed E-state index contributed by atoms with van der Waals surface area (Å²) < 4.78 is 72.4. The summed E-state index contributed by atoms with van der Waals surface area (Å²) in [6, 6.07) is 5.86. The number of fused-ring (bicyclic) bond motifs is 1. The predicted octanol–water partition coefficient (Wildman–Crippen LogP) is 2.87. The van der Waals surface area contributed by atoms with Crippen LogP contribution in [-0.4, -0.2) is 44.3 Å². The summed E-state index contributed by atoms with van der Waals surface area (Å²) in [4.78, 5) is 15.6. The van der Waals surface area contributed by atoms with E-state index in [1.165, 1.54) is 19.2 Å². The molecule has 0 spiro atoms. The van der Waals surface area contributed by atoms with E-state index in [9.17, 15) is 26.7 Å². The highest BCUT2D eigenvalue weighted by atomic mass is 19.4. The molecule has 0 radical (unpaired) electrons. The molecule has 1 aliphatic heterocycles. The Morgan fingerprint density at radius 3 is 2.38 bits per heavy atom. The summed E-state index contributed by atoms with van der Waals surface area (Å²) in [5, 5.41) is 0. The third-order valence-electron chi connectivity index (χ3n) is 4.57. The van der Waals surface area contributed by atoms with Gasteiger partial charge >= 0.3 is 6.18 Å². The van der Waals surface area contributed by atoms with E-state index in [1.54, 1.807) is 0 Å². The third kappa shape index (κ3) is 4.23. The number of rotatable bonds is 5. The molecule has 0 aliphatic carbocycles. The fraction of sp³-hybridized carbons (Fsp3) is 0.368. The Labute approximate surface area is 163 Å². The first kappa shape index (κ1) is 22.7. The predicted molar refractivity (Wildman–Crippen MR) is 96.8 cm³/mol. The van der Waals surface area contributed by atoms with Gasteiger partial charge in [-0.05, 0) is 37.4 Å². The van der Waals surface area contributed by atoms with Gasteiger partial charge in [0.05, 0.1) is 5.69 Å². The molecule has 1 aromatic carbocycles. The van der Waals surface area contributed by atoms with Gasteiger partial charge in [0.25, 0.3) is 0 Å².